The van der Waals surface area contributed by atoms with Gasteiger partial charge in [0.15, 0.2) is 9.84 Å². The fraction of sp³-hybridized carbons (Fsp3) is 0.733. The molecule has 1 aliphatic carbocycles. The lowest BCUT2D eigenvalue weighted by molar-refractivity contribution is 0.0737. The van der Waals surface area contributed by atoms with Crippen molar-refractivity contribution in [3.8, 4) is 0 Å². The summed E-state index contributed by atoms with van der Waals surface area (Å²) < 4.78 is 25.5. The largest absolute Gasteiger partial charge is 0.337 e. The smallest absolute Gasteiger partial charge is 0.257 e. The van der Waals surface area contributed by atoms with Gasteiger partial charge >= 0.3 is 0 Å². The lowest BCUT2D eigenvalue weighted by atomic mass is 10.2. The number of hydrogen-bond donors (Lipinski definition) is 0. The Morgan fingerprint density at radius 2 is 2.14 bits per heavy atom. The van der Waals surface area contributed by atoms with E-state index in [1.54, 1.807) is 29.0 Å². The van der Waals surface area contributed by atoms with Crippen molar-refractivity contribution < 1.29 is 13.2 Å². The number of nitrogens with zero attached hydrogens (tertiary/aromatic N) is 3. The summed E-state index contributed by atoms with van der Waals surface area (Å²) in [7, 11) is -1.45. The zero-order valence-corrected chi connectivity index (χ0v) is 14.5. The molecule has 2 rings (SSSR count). The van der Waals surface area contributed by atoms with Gasteiger partial charge in [0.2, 0.25) is 0 Å². The Hall–Kier alpha value is -1.37. The van der Waals surface area contributed by atoms with Gasteiger partial charge in [0.05, 0.1) is 17.0 Å². The van der Waals surface area contributed by atoms with Crippen LogP contribution in [-0.2, 0) is 16.4 Å². The minimum atomic E-state index is -3.14. The van der Waals surface area contributed by atoms with Crippen molar-refractivity contribution in [1.29, 1.82) is 0 Å². The van der Waals surface area contributed by atoms with E-state index < -0.39 is 15.1 Å². The zero-order chi connectivity index (χ0) is 16.5. The first-order chi connectivity index (χ1) is 10.2. The number of amides is 1. The average molecular weight is 327 g/mol. The Labute approximate surface area is 132 Å². The highest BCUT2D eigenvalue weighted by Crippen LogP contribution is 2.29. The molecule has 22 heavy (non-hydrogen) atoms. The van der Waals surface area contributed by atoms with Gasteiger partial charge in [-0.15, -0.1) is 0 Å². The molecule has 1 fully saturated rings. The number of aromatic nitrogens is 2. The summed E-state index contributed by atoms with van der Waals surface area (Å²) in [6, 6.07) is -0.240. The Balaban J connectivity index is 2.13. The molecule has 6 nitrogen and oxygen atoms in total. The normalized spacial score (nSPS) is 22.2. The molecule has 2 atom stereocenters. The van der Waals surface area contributed by atoms with Crippen molar-refractivity contribution in [2.75, 3.05) is 13.3 Å². The highest BCUT2D eigenvalue weighted by Gasteiger charge is 2.39. The lowest BCUT2D eigenvalue weighted by Crippen LogP contribution is -2.44. The van der Waals surface area contributed by atoms with E-state index in [1.165, 1.54) is 6.26 Å². The summed E-state index contributed by atoms with van der Waals surface area (Å²) in [5, 5.41) is 3.75. The summed E-state index contributed by atoms with van der Waals surface area (Å²) in [5.41, 5.74) is 0.516. The predicted octanol–water partition coefficient (Wildman–Crippen LogP) is 1.58. The van der Waals surface area contributed by atoms with Crippen LogP contribution in [0.2, 0.25) is 0 Å². The molecule has 0 aliphatic heterocycles. The third kappa shape index (κ3) is 3.69. The second-order valence-corrected chi connectivity index (χ2v) is 8.89. The minimum absolute atomic E-state index is 0.157. The molecular weight excluding hydrogens is 302 g/mol. The number of carbonyl (C=O) groups excluding carboxylic acids is 1. The van der Waals surface area contributed by atoms with Crippen LogP contribution in [-0.4, -0.2) is 53.6 Å². The van der Waals surface area contributed by atoms with E-state index in [2.05, 4.69) is 18.9 Å². The van der Waals surface area contributed by atoms with Gasteiger partial charge in [-0.1, -0.05) is 13.8 Å². The first-order valence-electron chi connectivity index (χ1n) is 7.68. The maximum absolute atomic E-state index is 12.6. The van der Waals surface area contributed by atoms with E-state index in [-0.39, 0.29) is 11.9 Å². The van der Waals surface area contributed by atoms with Crippen LogP contribution in [0.4, 0.5) is 0 Å². The van der Waals surface area contributed by atoms with Gasteiger partial charge in [0, 0.05) is 32.1 Å². The molecular formula is C15H25N3O3S. The molecule has 1 amide bonds. The van der Waals surface area contributed by atoms with Gasteiger partial charge in [-0.3, -0.25) is 9.48 Å². The minimum Gasteiger partial charge on any atom is -0.337 e. The van der Waals surface area contributed by atoms with Gasteiger partial charge in [-0.25, -0.2) is 8.42 Å². The van der Waals surface area contributed by atoms with Crippen molar-refractivity contribution in [2.24, 2.45) is 5.92 Å². The van der Waals surface area contributed by atoms with Crippen molar-refractivity contribution >= 4 is 15.7 Å². The summed E-state index contributed by atoms with van der Waals surface area (Å²) in [6.07, 6.45) is 6.77. The van der Waals surface area contributed by atoms with E-state index in [4.69, 9.17) is 0 Å². The zero-order valence-electron chi connectivity index (χ0n) is 13.7. The van der Waals surface area contributed by atoms with Crippen molar-refractivity contribution in [3.63, 3.8) is 0 Å². The Morgan fingerprint density at radius 3 is 2.73 bits per heavy atom. The highest BCUT2D eigenvalue weighted by atomic mass is 32.2. The van der Waals surface area contributed by atoms with Crippen molar-refractivity contribution in [2.45, 2.75) is 50.9 Å². The molecule has 0 N–H and O–H groups in total. The molecule has 0 aromatic carbocycles. The van der Waals surface area contributed by atoms with Crippen molar-refractivity contribution in [3.05, 3.63) is 18.0 Å². The van der Waals surface area contributed by atoms with Gasteiger partial charge in [-0.2, -0.15) is 5.10 Å². The molecule has 1 aromatic rings. The molecule has 124 valence electrons. The molecule has 0 spiro atoms. The van der Waals surface area contributed by atoms with E-state index >= 15 is 0 Å². The van der Waals surface area contributed by atoms with Crippen molar-refractivity contribution in [1.82, 2.24) is 14.7 Å². The van der Waals surface area contributed by atoms with E-state index in [0.29, 0.717) is 17.9 Å². The first-order valence-corrected chi connectivity index (χ1v) is 9.64. The van der Waals surface area contributed by atoms with Crippen LogP contribution < -0.4 is 0 Å². The number of carbonyl (C=O) groups is 1. The third-order valence-electron chi connectivity index (χ3n) is 4.22. The third-order valence-corrected chi connectivity index (χ3v) is 5.87. The fourth-order valence-corrected chi connectivity index (χ4v) is 4.64. The Morgan fingerprint density at radius 1 is 1.45 bits per heavy atom. The van der Waals surface area contributed by atoms with Gasteiger partial charge in [-0.05, 0) is 25.2 Å². The molecule has 7 heteroatoms. The standard InChI is InChI=1S/C15H25N3O3S/c1-11(2)9-18-10-12(8-16-18)15(19)17(3)13-6-5-7-14(13)22(4,20)21/h8,10-11,13-14H,5-7,9H2,1-4H3/t13-,14-/m1/s1. The summed E-state index contributed by atoms with van der Waals surface area (Å²) in [6.45, 7) is 4.93. The predicted molar refractivity (Wildman–Crippen MR) is 85.4 cm³/mol. The van der Waals surface area contributed by atoms with E-state index in [9.17, 15) is 13.2 Å². The SMILES string of the molecule is CC(C)Cn1cc(C(=O)N(C)[C@@H]2CCC[C@H]2S(C)(=O)=O)cn1. The van der Waals surface area contributed by atoms with Crippen LogP contribution in [0, 0.1) is 5.92 Å². The van der Waals surface area contributed by atoms with E-state index in [1.807, 2.05) is 0 Å². The molecule has 0 unspecified atom stereocenters. The van der Waals surface area contributed by atoms with Crippen LogP contribution in [0.1, 0.15) is 43.5 Å². The van der Waals surface area contributed by atoms with Crippen LogP contribution >= 0.6 is 0 Å². The van der Waals surface area contributed by atoms with Crippen LogP contribution in [0.3, 0.4) is 0 Å². The quantitative estimate of drug-likeness (QED) is 0.823. The summed E-state index contributed by atoms with van der Waals surface area (Å²) >= 11 is 0. The average Bonchev–Trinajstić information content (AvgIpc) is 3.03. The molecule has 0 bridgehead atoms. The highest BCUT2D eigenvalue weighted by molar-refractivity contribution is 7.91. The number of rotatable bonds is 5. The lowest BCUT2D eigenvalue weighted by Gasteiger charge is -2.28. The number of sulfone groups is 1. The van der Waals surface area contributed by atoms with Gasteiger partial charge in [0.25, 0.3) is 5.91 Å². The molecule has 1 aromatic heterocycles. The first kappa shape index (κ1) is 17.0. The maximum Gasteiger partial charge on any atom is 0.257 e. The molecule has 1 aliphatic rings. The van der Waals surface area contributed by atoms with Crippen LogP contribution in [0.5, 0.6) is 0 Å². The van der Waals surface area contributed by atoms with Gasteiger partial charge in [0.1, 0.15) is 0 Å². The van der Waals surface area contributed by atoms with Crippen LogP contribution in [0.15, 0.2) is 12.4 Å². The Kier molecular flexibility index (Phi) is 4.94. The second kappa shape index (κ2) is 6.40. The fourth-order valence-electron chi connectivity index (χ4n) is 3.15. The Bertz CT molecular complexity index is 636. The molecule has 0 saturated heterocycles. The maximum atomic E-state index is 12.6. The number of hydrogen-bond acceptors (Lipinski definition) is 4. The van der Waals surface area contributed by atoms with E-state index in [0.717, 1.165) is 19.4 Å². The molecule has 1 saturated carbocycles. The second-order valence-electron chi connectivity index (χ2n) is 6.63. The summed E-state index contributed by atoms with van der Waals surface area (Å²) in [4.78, 5) is 14.2. The van der Waals surface area contributed by atoms with Crippen LogP contribution in [0.25, 0.3) is 0 Å². The van der Waals surface area contributed by atoms with Gasteiger partial charge < -0.3 is 4.90 Å². The molecule has 0 radical (unpaired) electrons. The topological polar surface area (TPSA) is 72.3 Å². The summed E-state index contributed by atoms with van der Waals surface area (Å²) in [5.74, 6) is 0.292. The monoisotopic (exact) mass is 327 g/mol. The molecule has 1 heterocycles.